The molecule has 5 nitrogen and oxygen atoms in total. The fourth-order valence-electron chi connectivity index (χ4n) is 6.09. The summed E-state index contributed by atoms with van der Waals surface area (Å²) in [5, 5.41) is 0. The molecule has 1 aliphatic carbocycles. The number of benzene rings is 3. The molecule has 5 rings (SSSR count). The van der Waals surface area contributed by atoms with Crippen molar-refractivity contribution in [2.24, 2.45) is 0 Å². The molecular weight excluding hydrogens is 490 g/mol. The van der Waals surface area contributed by atoms with Crippen molar-refractivity contribution in [2.75, 3.05) is 43.4 Å². The maximum absolute atomic E-state index is 13.3. The van der Waals surface area contributed by atoms with Crippen LogP contribution in [0.15, 0.2) is 48.5 Å². The summed E-state index contributed by atoms with van der Waals surface area (Å²) in [6.45, 7) is 2.33. The summed E-state index contributed by atoms with van der Waals surface area (Å²) in [5.41, 5.74) is 14.2. The monoisotopic (exact) mass is 522 g/mol. The van der Waals surface area contributed by atoms with Gasteiger partial charge in [-0.3, -0.25) is 0 Å². The van der Waals surface area contributed by atoms with Gasteiger partial charge in [0.2, 0.25) is 0 Å². The standard InChI is InChI=1S/C29H32BF3N3O2/c1-18-25(16-30(31,32)33)19(2)28(20(3)27(18)34)35-12-14-36(15-13-35)29(37)38-17-26-23-10-6-4-8-21(23)22-9-5-7-11-24(22)26/h4-11,26H,12-17,34H2,1-3H3/q-1. The van der Waals surface area contributed by atoms with Crippen LogP contribution in [0.5, 0.6) is 0 Å². The van der Waals surface area contributed by atoms with E-state index in [-0.39, 0.29) is 24.2 Å². The highest BCUT2D eigenvalue weighted by Gasteiger charge is 2.32. The third kappa shape index (κ3) is 4.70. The molecule has 0 atom stereocenters. The van der Waals surface area contributed by atoms with Crippen molar-refractivity contribution < 1.29 is 22.5 Å². The Kier molecular flexibility index (Phi) is 6.80. The van der Waals surface area contributed by atoms with Gasteiger partial charge in [0.05, 0.1) is 0 Å². The van der Waals surface area contributed by atoms with Gasteiger partial charge >= 0.3 is 13.1 Å². The van der Waals surface area contributed by atoms with E-state index in [0.29, 0.717) is 43.0 Å². The molecule has 2 aliphatic rings. The first-order valence-corrected chi connectivity index (χ1v) is 13.0. The molecule has 38 heavy (non-hydrogen) atoms. The molecule has 1 heterocycles. The highest BCUT2D eigenvalue weighted by Crippen LogP contribution is 2.44. The lowest BCUT2D eigenvalue weighted by molar-refractivity contribution is 0.0976. The second-order valence-electron chi connectivity index (χ2n) is 10.3. The van der Waals surface area contributed by atoms with E-state index in [1.165, 1.54) is 11.1 Å². The van der Waals surface area contributed by atoms with Crippen molar-refractivity contribution in [3.8, 4) is 11.1 Å². The van der Waals surface area contributed by atoms with E-state index in [0.717, 1.165) is 22.4 Å². The molecule has 1 saturated heterocycles. The smallest absolute Gasteiger partial charge is 0.449 e. The van der Waals surface area contributed by atoms with Crippen LogP contribution in [0.1, 0.15) is 39.3 Å². The Morgan fingerprint density at radius 2 is 1.45 bits per heavy atom. The molecule has 1 amide bonds. The summed E-state index contributed by atoms with van der Waals surface area (Å²) in [7, 11) is 0. The van der Waals surface area contributed by atoms with Gasteiger partial charge in [-0.25, -0.2) is 4.79 Å². The fourth-order valence-corrected chi connectivity index (χ4v) is 6.09. The van der Waals surface area contributed by atoms with E-state index in [1.54, 1.807) is 18.7 Å². The van der Waals surface area contributed by atoms with Crippen molar-refractivity contribution in [1.82, 2.24) is 4.90 Å². The summed E-state index contributed by atoms with van der Waals surface area (Å²) >= 11 is 0. The molecule has 1 fully saturated rings. The van der Waals surface area contributed by atoms with Crippen LogP contribution in [0.25, 0.3) is 11.1 Å². The van der Waals surface area contributed by atoms with Crippen LogP contribution in [0.3, 0.4) is 0 Å². The van der Waals surface area contributed by atoms with E-state index in [9.17, 15) is 17.7 Å². The van der Waals surface area contributed by atoms with Gasteiger partial charge in [-0.15, -0.1) is 0 Å². The molecule has 0 unspecified atom stereocenters. The molecule has 0 saturated carbocycles. The van der Waals surface area contributed by atoms with Crippen LogP contribution >= 0.6 is 0 Å². The highest BCUT2D eigenvalue weighted by atomic mass is 19.4. The van der Waals surface area contributed by atoms with Crippen molar-refractivity contribution in [3.05, 3.63) is 81.9 Å². The maximum Gasteiger partial charge on any atom is 0.482 e. The number of hydrogen-bond acceptors (Lipinski definition) is 4. The molecule has 0 bridgehead atoms. The highest BCUT2D eigenvalue weighted by molar-refractivity contribution is 6.58. The Balaban J connectivity index is 1.27. The second kappa shape index (κ2) is 9.93. The average Bonchev–Trinajstić information content (AvgIpc) is 3.22. The van der Waals surface area contributed by atoms with Crippen LogP contribution in [-0.4, -0.2) is 50.8 Å². The van der Waals surface area contributed by atoms with E-state index < -0.39 is 13.3 Å². The molecule has 0 aromatic heterocycles. The minimum absolute atomic E-state index is 0.0119. The normalized spacial score (nSPS) is 15.4. The number of nitrogen functional groups attached to an aromatic ring is 1. The average molecular weight is 522 g/mol. The summed E-state index contributed by atoms with van der Waals surface area (Å²) in [6, 6.07) is 16.4. The number of amides is 1. The number of hydrogen-bond donors (Lipinski definition) is 1. The summed E-state index contributed by atoms with van der Waals surface area (Å²) in [5.74, 6) is -0.0119. The van der Waals surface area contributed by atoms with E-state index >= 15 is 0 Å². The first kappa shape index (κ1) is 26.0. The Morgan fingerprint density at radius 1 is 0.895 bits per heavy atom. The minimum atomic E-state index is -4.99. The molecular formula is C29H32BF3N3O2-. The third-order valence-electron chi connectivity index (χ3n) is 8.05. The predicted octanol–water partition coefficient (Wildman–Crippen LogP) is 6.19. The Bertz CT molecular complexity index is 1340. The number of carbonyl (C=O) groups excluding carboxylic acids is 1. The molecule has 200 valence electrons. The molecule has 2 N–H and O–H groups in total. The van der Waals surface area contributed by atoms with Crippen LogP contribution in [0.2, 0.25) is 0 Å². The quantitative estimate of drug-likeness (QED) is 0.321. The van der Waals surface area contributed by atoms with Crippen LogP contribution < -0.4 is 10.6 Å². The van der Waals surface area contributed by atoms with Gasteiger partial charge in [-0.2, -0.15) is 0 Å². The van der Waals surface area contributed by atoms with Gasteiger partial charge in [-0.05, 0) is 59.7 Å². The number of halogens is 3. The summed E-state index contributed by atoms with van der Waals surface area (Å²) in [6.07, 6.45) is -1.32. The zero-order valence-corrected chi connectivity index (χ0v) is 21.9. The number of rotatable bonds is 5. The number of nitrogens with two attached hydrogens (primary N) is 1. The number of fused-ring (bicyclic) bond motifs is 3. The van der Waals surface area contributed by atoms with Gasteiger partial charge in [-0.1, -0.05) is 60.4 Å². The number of ether oxygens (including phenoxy) is 1. The van der Waals surface area contributed by atoms with Crippen molar-refractivity contribution >= 4 is 24.4 Å². The molecule has 3 aromatic carbocycles. The van der Waals surface area contributed by atoms with Crippen molar-refractivity contribution in [2.45, 2.75) is 33.0 Å². The molecule has 9 heteroatoms. The summed E-state index contributed by atoms with van der Waals surface area (Å²) in [4.78, 5) is 16.7. The zero-order valence-electron chi connectivity index (χ0n) is 21.9. The molecule has 3 aromatic rings. The molecule has 1 aliphatic heterocycles. The first-order chi connectivity index (χ1) is 18.1. The largest absolute Gasteiger partial charge is 0.482 e. The number of nitrogens with zero attached hydrogens (tertiary/aromatic N) is 2. The van der Waals surface area contributed by atoms with Gasteiger partial charge in [0, 0.05) is 43.5 Å². The van der Waals surface area contributed by atoms with Gasteiger partial charge in [0.25, 0.3) is 0 Å². The Hall–Kier alpha value is -3.62. The maximum atomic E-state index is 13.3. The van der Waals surface area contributed by atoms with Gasteiger partial charge in [0.15, 0.2) is 0 Å². The number of carbonyl (C=O) groups is 1. The van der Waals surface area contributed by atoms with Crippen molar-refractivity contribution in [3.63, 3.8) is 0 Å². The number of piperazine rings is 1. The predicted molar refractivity (Wildman–Crippen MR) is 147 cm³/mol. The lowest BCUT2D eigenvalue weighted by atomic mass is 9.77. The van der Waals surface area contributed by atoms with E-state index in [1.807, 2.05) is 36.1 Å². The Morgan fingerprint density at radius 3 is 2.00 bits per heavy atom. The van der Waals surface area contributed by atoms with E-state index in [2.05, 4.69) is 24.3 Å². The van der Waals surface area contributed by atoms with Gasteiger partial charge < -0.3 is 33.2 Å². The first-order valence-electron chi connectivity index (χ1n) is 13.0. The van der Waals surface area contributed by atoms with Crippen molar-refractivity contribution in [1.29, 1.82) is 0 Å². The fraction of sp³-hybridized carbons (Fsp3) is 0.345. The SMILES string of the molecule is Cc1c(N)c(C)c(N2CCN(C(=O)OCC3c4ccccc4-c4ccccc43)CC2)c(C)c1C[B-](F)(F)F. The summed E-state index contributed by atoms with van der Waals surface area (Å²) < 4.78 is 45.8. The molecule has 0 spiro atoms. The van der Waals surface area contributed by atoms with Gasteiger partial charge in [0.1, 0.15) is 6.61 Å². The van der Waals surface area contributed by atoms with Crippen LogP contribution in [-0.2, 0) is 11.1 Å². The lowest BCUT2D eigenvalue weighted by Gasteiger charge is -2.38. The lowest BCUT2D eigenvalue weighted by Crippen LogP contribution is -2.49. The van der Waals surface area contributed by atoms with E-state index in [4.69, 9.17) is 10.5 Å². The topological polar surface area (TPSA) is 58.8 Å². The second-order valence-corrected chi connectivity index (χ2v) is 10.3. The zero-order chi connectivity index (χ0) is 27.2. The molecule has 0 radical (unpaired) electrons. The van der Waals surface area contributed by atoms with Crippen LogP contribution in [0, 0.1) is 20.8 Å². The third-order valence-corrected chi connectivity index (χ3v) is 8.05. The number of anilines is 2. The minimum Gasteiger partial charge on any atom is -0.449 e. The van der Waals surface area contributed by atoms with Crippen LogP contribution in [0.4, 0.5) is 29.1 Å². The Labute approximate surface area is 221 Å².